The van der Waals surface area contributed by atoms with E-state index in [-0.39, 0.29) is 17.3 Å². The van der Waals surface area contributed by atoms with E-state index >= 15 is 0 Å². The number of morpholine rings is 1. The average Bonchev–Trinajstić information content (AvgIpc) is 2.50. The van der Waals surface area contributed by atoms with Gasteiger partial charge in [0, 0.05) is 25.0 Å². The van der Waals surface area contributed by atoms with Crippen molar-refractivity contribution in [3.63, 3.8) is 0 Å². The fourth-order valence-corrected chi connectivity index (χ4v) is 1.78. The van der Waals surface area contributed by atoms with Gasteiger partial charge in [-0.25, -0.2) is 4.39 Å². The van der Waals surface area contributed by atoms with Crippen LogP contribution in [-0.2, 0) is 9.53 Å². The maximum Gasteiger partial charge on any atom is 0.266 e. The standard InChI is InChI=1S/C14H14FN3O2/c15-12-1-3-13(4-2-12)17-10-11(9-16)14(19)18-5-7-20-8-6-18/h1-4,10,17H,5-8H2/b11-10-. The summed E-state index contributed by atoms with van der Waals surface area (Å²) in [4.78, 5) is 13.7. The van der Waals surface area contributed by atoms with Gasteiger partial charge in [0.2, 0.25) is 0 Å². The van der Waals surface area contributed by atoms with Crippen molar-refractivity contribution in [2.75, 3.05) is 31.6 Å². The Kier molecular flexibility index (Phi) is 4.69. The van der Waals surface area contributed by atoms with Gasteiger partial charge in [-0.15, -0.1) is 0 Å². The number of benzene rings is 1. The van der Waals surface area contributed by atoms with E-state index in [1.54, 1.807) is 4.90 Å². The van der Waals surface area contributed by atoms with Crippen molar-refractivity contribution < 1.29 is 13.9 Å². The third kappa shape index (κ3) is 3.56. The number of ether oxygens (including phenoxy) is 1. The second-order valence-corrected chi connectivity index (χ2v) is 4.23. The lowest BCUT2D eigenvalue weighted by Gasteiger charge is -2.26. The number of nitrogens with zero attached hydrogens (tertiary/aromatic N) is 2. The van der Waals surface area contributed by atoms with Crippen molar-refractivity contribution in [3.05, 3.63) is 41.9 Å². The predicted octanol–water partition coefficient (Wildman–Crippen LogP) is 1.50. The topological polar surface area (TPSA) is 65.4 Å². The summed E-state index contributed by atoms with van der Waals surface area (Å²) in [5.41, 5.74) is 0.616. The minimum atomic E-state index is -0.343. The molecular weight excluding hydrogens is 261 g/mol. The number of nitrogens with one attached hydrogen (secondary N) is 1. The Hall–Kier alpha value is -2.39. The summed E-state index contributed by atoms with van der Waals surface area (Å²) in [5.74, 6) is -0.671. The maximum atomic E-state index is 12.8. The molecule has 20 heavy (non-hydrogen) atoms. The van der Waals surface area contributed by atoms with Crippen LogP contribution in [0.3, 0.4) is 0 Å². The molecule has 0 aromatic heterocycles. The van der Waals surface area contributed by atoms with E-state index in [1.807, 2.05) is 6.07 Å². The molecule has 1 aliphatic rings. The van der Waals surface area contributed by atoms with Crippen LogP contribution in [0.2, 0.25) is 0 Å². The second kappa shape index (κ2) is 6.68. The normalized spacial score (nSPS) is 15.6. The van der Waals surface area contributed by atoms with Crippen LogP contribution in [0.15, 0.2) is 36.0 Å². The second-order valence-electron chi connectivity index (χ2n) is 4.23. The molecule has 6 heteroatoms. The molecule has 1 aromatic carbocycles. The monoisotopic (exact) mass is 275 g/mol. The van der Waals surface area contributed by atoms with E-state index in [9.17, 15) is 9.18 Å². The maximum absolute atomic E-state index is 12.8. The lowest BCUT2D eigenvalue weighted by Crippen LogP contribution is -2.41. The Balaban J connectivity index is 2.03. The number of hydrogen-bond acceptors (Lipinski definition) is 4. The first-order valence-electron chi connectivity index (χ1n) is 6.20. The lowest BCUT2D eigenvalue weighted by molar-refractivity contribution is -0.130. The van der Waals surface area contributed by atoms with Crippen LogP contribution in [0.1, 0.15) is 0 Å². The highest BCUT2D eigenvalue weighted by molar-refractivity contribution is 5.97. The smallest absolute Gasteiger partial charge is 0.266 e. The molecule has 1 fully saturated rings. The number of carbonyl (C=O) groups excluding carboxylic acids is 1. The zero-order valence-corrected chi connectivity index (χ0v) is 10.8. The van der Waals surface area contributed by atoms with Crippen LogP contribution in [-0.4, -0.2) is 37.1 Å². The van der Waals surface area contributed by atoms with Gasteiger partial charge in [-0.2, -0.15) is 5.26 Å². The summed E-state index contributed by atoms with van der Waals surface area (Å²) >= 11 is 0. The summed E-state index contributed by atoms with van der Waals surface area (Å²) in [5, 5.41) is 11.9. The van der Waals surface area contributed by atoms with Crippen LogP contribution in [0.4, 0.5) is 10.1 Å². The van der Waals surface area contributed by atoms with E-state index in [0.717, 1.165) is 0 Å². The molecular formula is C14H14FN3O2. The van der Waals surface area contributed by atoms with Gasteiger partial charge in [0.05, 0.1) is 13.2 Å². The molecule has 1 N–H and O–H groups in total. The zero-order chi connectivity index (χ0) is 14.4. The molecule has 2 rings (SSSR count). The van der Waals surface area contributed by atoms with E-state index in [4.69, 9.17) is 10.00 Å². The Morgan fingerprint density at radius 3 is 2.60 bits per heavy atom. The van der Waals surface area contributed by atoms with Gasteiger partial charge < -0.3 is 15.0 Å². The number of rotatable bonds is 3. The Bertz CT molecular complexity index is 543. The van der Waals surface area contributed by atoms with E-state index in [1.165, 1.54) is 30.5 Å². The highest BCUT2D eigenvalue weighted by atomic mass is 19.1. The molecule has 0 radical (unpaired) electrons. The molecule has 1 saturated heterocycles. The number of anilines is 1. The van der Waals surface area contributed by atoms with Crippen LogP contribution < -0.4 is 5.32 Å². The van der Waals surface area contributed by atoms with Crippen LogP contribution in [0.25, 0.3) is 0 Å². The van der Waals surface area contributed by atoms with Gasteiger partial charge in [-0.1, -0.05) is 0 Å². The van der Waals surface area contributed by atoms with Crippen molar-refractivity contribution >= 4 is 11.6 Å². The minimum Gasteiger partial charge on any atom is -0.378 e. The van der Waals surface area contributed by atoms with Crippen molar-refractivity contribution in [2.45, 2.75) is 0 Å². The summed E-state index contributed by atoms with van der Waals surface area (Å²) in [6, 6.07) is 7.52. The van der Waals surface area contributed by atoms with Gasteiger partial charge >= 0.3 is 0 Å². The lowest BCUT2D eigenvalue weighted by atomic mass is 10.2. The molecule has 1 aliphatic heterocycles. The number of nitriles is 1. The van der Waals surface area contributed by atoms with Gasteiger partial charge in [-0.05, 0) is 24.3 Å². The number of halogens is 1. The molecule has 0 bridgehead atoms. The highest BCUT2D eigenvalue weighted by Crippen LogP contribution is 2.10. The summed E-state index contributed by atoms with van der Waals surface area (Å²) in [6.45, 7) is 1.93. The van der Waals surface area contributed by atoms with Gasteiger partial charge in [0.15, 0.2) is 0 Å². The number of carbonyl (C=O) groups is 1. The predicted molar refractivity (Wildman–Crippen MR) is 71.1 cm³/mol. The molecule has 0 atom stereocenters. The molecule has 1 aromatic rings. The fraction of sp³-hybridized carbons (Fsp3) is 0.286. The minimum absolute atomic E-state index is 0.0104. The van der Waals surface area contributed by atoms with Crippen LogP contribution in [0.5, 0.6) is 0 Å². The summed E-state index contributed by atoms with van der Waals surface area (Å²) in [7, 11) is 0. The van der Waals surface area contributed by atoms with Gasteiger partial charge in [0.25, 0.3) is 5.91 Å². The van der Waals surface area contributed by atoms with Crippen LogP contribution >= 0.6 is 0 Å². The largest absolute Gasteiger partial charge is 0.378 e. The molecule has 0 saturated carbocycles. The van der Waals surface area contributed by atoms with E-state index in [2.05, 4.69) is 5.32 Å². The van der Waals surface area contributed by atoms with Crippen molar-refractivity contribution in [3.8, 4) is 6.07 Å². The molecule has 0 spiro atoms. The van der Waals surface area contributed by atoms with Gasteiger partial charge in [0.1, 0.15) is 17.5 Å². The fourth-order valence-electron chi connectivity index (χ4n) is 1.78. The Morgan fingerprint density at radius 2 is 2.00 bits per heavy atom. The first kappa shape index (κ1) is 14.0. The van der Waals surface area contributed by atoms with Crippen LogP contribution in [0, 0.1) is 17.1 Å². The van der Waals surface area contributed by atoms with Gasteiger partial charge in [-0.3, -0.25) is 4.79 Å². The first-order chi connectivity index (χ1) is 9.70. The number of amides is 1. The average molecular weight is 275 g/mol. The third-order valence-electron chi connectivity index (χ3n) is 2.88. The highest BCUT2D eigenvalue weighted by Gasteiger charge is 2.20. The quantitative estimate of drug-likeness (QED) is 0.670. The SMILES string of the molecule is N#C/C(=C/Nc1ccc(F)cc1)C(=O)N1CCOCC1. The Morgan fingerprint density at radius 1 is 1.35 bits per heavy atom. The van der Waals surface area contributed by atoms with Crippen molar-refractivity contribution in [1.82, 2.24) is 4.90 Å². The van der Waals surface area contributed by atoms with Crippen molar-refractivity contribution in [2.24, 2.45) is 0 Å². The Labute approximate surface area is 116 Å². The molecule has 104 valence electrons. The zero-order valence-electron chi connectivity index (χ0n) is 10.8. The molecule has 1 heterocycles. The molecule has 0 unspecified atom stereocenters. The third-order valence-corrected chi connectivity index (χ3v) is 2.88. The molecule has 0 aliphatic carbocycles. The molecule has 1 amide bonds. The summed E-state index contributed by atoms with van der Waals surface area (Å²) < 4.78 is 17.9. The number of hydrogen-bond donors (Lipinski definition) is 1. The molecule has 5 nitrogen and oxygen atoms in total. The van der Waals surface area contributed by atoms with Crippen molar-refractivity contribution in [1.29, 1.82) is 5.26 Å². The van der Waals surface area contributed by atoms with E-state index < -0.39 is 0 Å². The summed E-state index contributed by atoms with van der Waals surface area (Å²) in [6.07, 6.45) is 1.34. The first-order valence-corrected chi connectivity index (χ1v) is 6.20. The van der Waals surface area contributed by atoms with E-state index in [0.29, 0.717) is 32.0 Å².